The Balaban J connectivity index is 5.16. The van der Waals surface area contributed by atoms with Crippen molar-refractivity contribution in [3.05, 3.63) is 0 Å². The summed E-state index contributed by atoms with van der Waals surface area (Å²) >= 11 is 0. The molecular weight excluding hydrogens is 92.1 g/mol. The second-order valence-corrected chi connectivity index (χ2v) is 0.805. The van der Waals surface area contributed by atoms with Crippen LogP contribution in [-0.4, -0.2) is 11.1 Å². The highest BCUT2D eigenvalue weighted by atomic mass is 16.4. The molecule has 0 fully saturated rings. The van der Waals surface area contributed by atoms with Crippen molar-refractivity contribution in [2.75, 3.05) is 0 Å². The highest BCUT2D eigenvalue weighted by Gasteiger charge is 1.90. The molecule has 0 heterocycles. The molecule has 0 spiro atoms. The summed E-state index contributed by atoms with van der Waals surface area (Å²) in [5.41, 5.74) is 0. The van der Waals surface area contributed by atoms with Crippen molar-refractivity contribution in [2.24, 2.45) is 0 Å². The van der Waals surface area contributed by atoms with E-state index in [0.29, 0.717) is 0 Å². The van der Waals surface area contributed by atoms with E-state index in [1.54, 1.807) is 0 Å². The van der Waals surface area contributed by atoms with Gasteiger partial charge in [-0.25, -0.2) is 0 Å². The third-order valence-electron chi connectivity index (χ3n) is 0.294. The van der Waals surface area contributed by atoms with Crippen molar-refractivity contribution in [3.63, 3.8) is 0 Å². The van der Waals surface area contributed by atoms with Gasteiger partial charge in [-0.15, -0.1) is 0 Å². The van der Waals surface area contributed by atoms with E-state index in [-0.39, 0.29) is 0 Å². The van der Waals surface area contributed by atoms with E-state index in [1.807, 2.05) is 0 Å². The molecule has 0 bridgehead atoms. The molecule has 0 saturated heterocycles. The summed E-state index contributed by atoms with van der Waals surface area (Å²) < 4.78 is 41.8. The van der Waals surface area contributed by atoms with Gasteiger partial charge in [0.25, 0.3) is 0 Å². The van der Waals surface area contributed by atoms with Crippen molar-refractivity contribution in [1.29, 1.82) is 0 Å². The zero-order valence-corrected chi connectivity index (χ0v) is 3.86. The van der Waals surface area contributed by atoms with Crippen molar-refractivity contribution in [3.8, 4) is 0 Å². The van der Waals surface area contributed by atoms with E-state index < -0.39 is 25.1 Å². The predicted molar refractivity (Wildman–Crippen MR) is 27.2 cm³/mol. The summed E-state index contributed by atoms with van der Waals surface area (Å²) in [4.78, 5) is 10.3. The molecule has 2 nitrogen and oxygen atoms in total. The number of carbonyl (C=O) groups is 1. The van der Waals surface area contributed by atoms with Gasteiger partial charge in [0.15, 0.2) is 0 Å². The first-order chi connectivity index (χ1) is 5.44. The minimum Gasteiger partial charge on any atom is -0.481 e. The first-order valence-corrected chi connectivity index (χ1v) is 1.68. The van der Waals surface area contributed by atoms with Crippen LogP contribution in [0.15, 0.2) is 0 Å². The highest BCUT2D eigenvalue weighted by Crippen LogP contribution is 1.91. The molecule has 0 aliphatic carbocycles. The van der Waals surface area contributed by atoms with Crippen LogP contribution in [0, 0.1) is 0 Å². The average Bonchev–Trinajstić information content (AvgIpc) is 1.84. The van der Waals surface area contributed by atoms with Gasteiger partial charge in [0, 0.05) is 14.6 Å². The summed E-state index contributed by atoms with van der Waals surface area (Å²) in [6.45, 7) is 0.799. The molecule has 0 aromatic rings. The summed E-state index contributed by atoms with van der Waals surface area (Å²) in [5.74, 6) is -2.01. The Kier molecular flexibility index (Phi) is 0.768. The Bertz CT molecular complexity index is 218. The number of carboxylic acids is 1. The Hall–Kier alpha value is -0.530. The molecule has 7 heavy (non-hydrogen) atoms. The second-order valence-electron chi connectivity index (χ2n) is 0.805. The first-order valence-electron chi connectivity index (χ1n) is 4.68. The number of carboxylic acid groups (broad SMARTS) is 1. The fourth-order valence-corrected chi connectivity index (χ4v) is 0.116. The highest BCUT2D eigenvalue weighted by molar-refractivity contribution is 5.66. The molecule has 0 unspecified atom stereocenters. The molecule has 0 atom stereocenters. The SMILES string of the molecule is [2H]C([2H])(C)C([2H])([2H])C([2H])([2H])C(=O)O. The molecule has 0 aliphatic rings. The van der Waals surface area contributed by atoms with Gasteiger partial charge in [-0.3, -0.25) is 4.79 Å². The van der Waals surface area contributed by atoms with Crippen molar-refractivity contribution in [1.82, 2.24) is 0 Å². The number of hydrogen-bond donors (Lipinski definition) is 1. The average molecular weight is 108 g/mol. The first kappa shape index (κ1) is 1.47. The van der Waals surface area contributed by atoms with E-state index in [1.165, 1.54) is 0 Å². The van der Waals surface area contributed by atoms with Gasteiger partial charge in [-0.1, -0.05) is 13.3 Å². The quantitative estimate of drug-likeness (QED) is 0.591. The van der Waals surface area contributed by atoms with Gasteiger partial charge >= 0.3 is 5.97 Å². The largest absolute Gasteiger partial charge is 0.481 e. The Labute approximate surface area is 51.6 Å². The lowest BCUT2D eigenvalue weighted by molar-refractivity contribution is -0.137. The van der Waals surface area contributed by atoms with Crippen LogP contribution in [0.1, 0.15) is 34.3 Å². The Morgan fingerprint density at radius 1 is 2.00 bits per heavy atom. The monoisotopic (exact) mass is 108 g/mol. The van der Waals surface area contributed by atoms with Gasteiger partial charge in [0.05, 0.1) is 0 Å². The lowest BCUT2D eigenvalue weighted by atomic mass is 10.3. The van der Waals surface area contributed by atoms with Crippen LogP contribution in [0.2, 0.25) is 0 Å². The van der Waals surface area contributed by atoms with Gasteiger partial charge in [-0.2, -0.15) is 0 Å². The van der Waals surface area contributed by atoms with Crippen LogP contribution < -0.4 is 0 Å². The molecule has 0 amide bonds. The topological polar surface area (TPSA) is 37.3 Å². The molecule has 0 aromatic carbocycles. The van der Waals surface area contributed by atoms with Gasteiger partial charge in [-0.05, 0) is 6.37 Å². The van der Waals surface area contributed by atoms with Crippen molar-refractivity contribution >= 4 is 5.97 Å². The molecule has 1 N–H and O–H groups in total. The molecular formula is C5H10O2. The van der Waals surface area contributed by atoms with Gasteiger partial charge < -0.3 is 5.11 Å². The maximum Gasteiger partial charge on any atom is 0.303 e. The third-order valence-corrected chi connectivity index (χ3v) is 0.294. The number of hydrogen-bond acceptors (Lipinski definition) is 1. The lowest BCUT2D eigenvalue weighted by Crippen LogP contribution is -1.91. The smallest absolute Gasteiger partial charge is 0.303 e. The van der Waals surface area contributed by atoms with E-state index in [0.717, 1.165) is 6.92 Å². The lowest BCUT2D eigenvalue weighted by Gasteiger charge is -1.85. The fourth-order valence-electron chi connectivity index (χ4n) is 0.116. The normalized spacial score (nSPS) is 27.6. The van der Waals surface area contributed by atoms with Gasteiger partial charge in [0.1, 0.15) is 0 Å². The van der Waals surface area contributed by atoms with E-state index >= 15 is 0 Å². The maximum atomic E-state index is 10.3. The molecule has 0 aliphatic heterocycles. The third kappa shape index (κ3) is 5.47. The predicted octanol–water partition coefficient (Wildman–Crippen LogP) is 1.26. The summed E-state index contributed by atoms with van der Waals surface area (Å²) in [6, 6.07) is 0. The second kappa shape index (κ2) is 3.65. The van der Waals surface area contributed by atoms with Crippen LogP contribution >= 0.6 is 0 Å². The maximum absolute atomic E-state index is 10.3. The van der Waals surface area contributed by atoms with Gasteiger partial charge in [0.2, 0.25) is 0 Å². The van der Waals surface area contributed by atoms with Crippen molar-refractivity contribution < 1.29 is 18.1 Å². The molecule has 0 radical (unpaired) electrons. The number of aliphatic carboxylic acids is 1. The van der Waals surface area contributed by atoms with E-state index in [2.05, 4.69) is 0 Å². The molecule has 0 rings (SSSR count). The zero-order chi connectivity index (χ0) is 11.1. The summed E-state index contributed by atoms with van der Waals surface area (Å²) in [6.07, 6.45) is -8.88. The van der Waals surface area contributed by atoms with E-state index in [9.17, 15) is 4.79 Å². The van der Waals surface area contributed by atoms with Crippen molar-refractivity contribution in [2.45, 2.75) is 26.0 Å². The molecule has 2 heteroatoms. The zero-order valence-electron chi connectivity index (χ0n) is 9.86. The van der Waals surface area contributed by atoms with Crippen LogP contribution in [0.4, 0.5) is 0 Å². The fraction of sp³-hybridized carbons (Fsp3) is 0.800. The van der Waals surface area contributed by atoms with Crippen LogP contribution in [0.25, 0.3) is 0 Å². The van der Waals surface area contributed by atoms with Crippen LogP contribution in [0.3, 0.4) is 0 Å². The number of rotatable bonds is 3. The van der Waals surface area contributed by atoms with Crippen LogP contribution in [-0.2, 0) is 4.79 Å². The Morgan fingerprint density at radius 3 is 2.71 bits per heavy atom. The van der Waals surface area contributed by atoms with E-state index in [4.69, 9.17) is 13.3 Å². The molecule has 0 aromatic heterocycles. The minimum absolute atomic E-state index is 0.799. The standard InChI is InChI=1S/C5H10O2/c1-2-3-4-5(6)7/h2-4H2,1H3,(H,6,7)/i2D2,3D2,4D2. The summed E-state index contributed by atoms with van der Waals surface area (Å²) in [5, 5.41) is 8.36. The Morgan fingerprint density at radius 2 is 2.57 bits per heavy atom. The molecule has 42 valence electrons. The summed E-state index contributed by atoms with van der Waals surface area (Å²) in [7, 11) is 0. The van der Waals surface area contributed by atoms with Crippen LogP contribution in [0.5, 0.6) is 0 Å². The molecule has 0 saturated carbocycles. The minimum atomic E-state index is -3.24.